The van der Waals surface area contributed by atoms with Crippen LogP contribution in [0.5, 0.6) is 0 Å². The van der Waals surface area contributed by atoms with Crippen molar-refractivity contribution in [2.45, 2.75) is 39.2 Å². The minimum atomic E-state index is -1.18. The van der Waals surface area contributed by atoms with Crippen molar-refractivity contribution in [3.8, 4) is 0 Å². The number of anilines is 1. The zero-order chi connectivity index (χ0) is 15.1. The molecule has 1 unspecified atom stereocenters. The van der Waals surface area contributed by atoms with Crippen molar-refractivity contribution in [3.05, 3.63) is 28.8 Å². The summed E-state index contributed by atoms with van der Waals surface area (Å²) in [5.74, 6) is -1.18. The van der Waals surface area contributed by atoms with Crippen LogP contribution in [0.25, 0.3) is 0 Å². The Bertz CT molecular complexity index is 491. The van der Waals surface area contributed by atoms with Gasteiger partial charge in [-0.15, -0.1) is 0 Å². The molecule has 0 aliphatic heterocycles. The van der Waals surface area contributed by atoms with Gasteiger partial charge < -0.3 is 15.7 Å². The summed E-state index contributed by atoms with van der Waals surface area (Å²) in [6, 6.07) is 4.16. The molecule has 1 rings (SSSR count). The molecule has 0 saturated carbocycles. The number of urea groups is 1. The van der Waals surface area contributed by atoms with Crippen molar-refractivity contribution >= 4 is 29.3 Å². The first-order valence-corrected chi connectivity index (χ1v) is 6.92. The molecule has 2 amide bonds. The normalized spacial score (nSPS) is 11.8. The van der Waals surface area contributed by atoms with Gasteiger partial charge in [-0.05, 0) is 25.5 Å². The minimum absolute atomic E-state index is 0.0300. The molecule has 1 aromatic rings. The summed E-state index contributed by atoms with van der Waals surface area (Å²) < 4.78 is 0. The average molecular weight is 299 g/mol. The summed E-state index contributed by atoms with van der Waals surface area (Å²) in [5, 5.41) is 14.5. The third kappa shape index (κ3) is 4.74. The number of carbonyl (C=O) groups excluding carboxylic acids is 1. The van der Waals surface area contributed by atoms with Crippen LogP contribution < -0.4 is 10.6 Å². The first-order chi connectivity index (χ1) is 9.45. The van der Waals surface area contributed by atoms with E-state index in [1.165, 1.54) is 12.1 Å². The van der Waals surface area contributed by atoms with Gasteiger partial charge in [0.2, 0.25) is 0 Å². The standard InChI is InChI=1S/C14H19ClN2O3/c1-3-4-6-9(2)16-14(20)17-11-8-5-7-10(15)12(11)13(18)19/h5,7-9H,3-4,6H2,1-2H3,(H,18,19)(H2,16,17,20). The monoisotopic (exact) mass is 298 g/mol. The molecule has 1 atom stereocenters. The number of carboxylic acid groups (broad SMARTS) is 1. The van der Waals surface area contributed by atoms with E-state index in [4.69, 9.17) is 16.7 Å². The maximum Gasteiger partial charge on any atom is 0.339 e. The fourth-order valence-corrected chi connectivity index (χ4v) is 2.07. The van der Waals surface area contributed by atoms with Gasteiger partial charge in [0.15, 0.2) is 0 Å². The number of carbonyl (C=O) groups is 2. The van der Waals surface area contributed by atoms with Crippen molar-refractivity contribution < 1.29 is 14.7 Å². The molecule has 6 heteroatoms. The lowest BCUT2D eigenvalue weighted by Gasteiger charge is -2.15. The molecule has 0 saturated heterocycles. The Hall–Kier alpha value is -1.75. The molecule has 0 spiro atoms. The molecule has 0 fully saturated rings. The number of hydrogen-bond donors (Lipinski definition) is 3. The number of benzene rings is 1. The Morgan fingerprint density at radius 1 is 1.40 bits per heavy atom. The summed E-state index contributed by atoms with van der Waals surface area (Å²) in [7, 11) is 0. The largest absolute Gasteiger partial charge is 0.478 e. The highest BCUT2D eigenvalue weighted by atomic mass is 35.5. The molecule has 0 aliphatic carbocycles. The smallest absolute Gasteiger partial charge is 0.339 e. The van der Waals surface area contributed by atoms with Gasteiger partial charge in [-0.25, -0.2) is 9.59 Å². The lowest BCUT2D eigenvalue weighted by atomic mass is 10.1. The van der Waals surface area contributed by atoms with E-state index >= 15 is 0 Å². The molecular weight excluding hydrogens is 280 g/mol. The van der Waals surface area contributed by atoms with Crippen LogP contribution in [-0.4, -0.2) is 23.1 Å². The predicted octanol–water partition coefficient (Wildman–Crippen LogP) is 3.74. The van der Waals surface area contributed by atoms with E-state index < -0.39 is 12.0 Å². The second kappa shape index (κ2) is 7.75. The van der Waals surface area contributed by atoms with Crippen LogP contribution in [0.15, 0.2) is 18.2 Å². The van der Waals surface area contributed by atoms with Gasteiger partial charge >= 0.3 is 12.0 Å². The number of nitrogens with one attached hydrogen (secondary N) is 2. The second-order valence-corrected chi connectivity index (χ2v) is 5.02. The third-order valence-electron chi connectivity index (χ3n) is 2.84. The summed E-state index contributed by atoms with van der Waals surface area (Å²) in [4.78, 5) is 22.9. The molecule has 20 heavy (non-hydrogen) atoms. The molecule has 5 nitrogen and oxygen atoms in total. The van der Waals surface area contributed by atoms with E-state index in [-0.39, 0.29) is 22.3 Å². The Morgan fingerprint density at radius 3 is 2.70 bits per heavy atom. The molecular formula is C14H19ClN2O3. The van der Waals surface area contributed by atoms with Crippen molar-refractivity contribution in [2.24, 2.45) is 0 Å². The first kappa shape index (κ1) is 16.3. The van der Waals surface area contributed by atoms with E-state index in [1.54, 1.807) is 6.07 Å². The number of aromatic carboxylic acids is 1. The van der Waals surface area contributed by atoms with Gasteiger partial charge in [-0.3, -0.25) is 0 Å². The molecule has 0 bridgehead atoms. The Morgan fingerprint density at radius 2 is 2.10 bits per heavy atom. The van der Waals surface area contributed by atoms with Crippen LogP contribution in [0.2, 0.25) is 5.02 Å². The molecule has 1 aromatic carbocycles. The molecule has 0 aliphatic rings. The van der Waals surface area contributed by atoms with Gasteiger partial charge in [0, 0.05) is 6.04 Å². The van der Waals surface area contributed by atoms with Gasteiger partial charge in [-0.1, -0.05) is 37.4 Å². The Labute approximate surface area is 123 Å². The number of unbranched alkanes of at least 4 members (excludes halogenated alkanes) is 1. The van der Waals surface area contributed by atoms with Crippen LogP contribution in [0.1, 0.15) is 43.5 Å². The first-order valence-electron chi connectivity index (χ1n) is 6.55. The summed E-state index contributed by atoms with van der Waals surface area (Å²) >= 11 is 5.83. The van der Waals surface area contributed by atoms with E-state index in [0.717, 1.165) is 19.3 Å². The quantitative estimate of drug-likeness (QED) is 0.748. The number of amides is 2. The highest BCUT2D eigenvalue weighted by molar-refractivity contribution is 6.34. The highest BCUT2D eigenvalue weighted by Gasteiger charge is 2.16. The number of carboxylic acids is 1. The summed E-state index contributed by atoms with van der Waals surface area (Å²) in [5.41, 5.74) is 0.0794. The third-order valence-corrected chi connectivity index (χ3v) is 3.16. The fraction of sp³-hybridized carbons (Fsp3) is 0.429. The van der Waals surface area contributed by atoms with Crippen LogP contribution in [0.3, 0.4) is 0 Å². The van der Waals surface area contributed by atoms with Gasteiger partial charge in [-0.2, -0.15) is 0 Å². The van der Waals surface area contributed by atoms with Crippen molar-refractivity contribution in [3.63, 3.8) is 0 Å². The van der Waals surface area contributed by atoms with Crippen molar-refractivity contribution in [1.29, 1.82) is 0 Å². The minimum Gasteiger partial charge on any atom is -0.478 e. The van der Waals surface area contributed by atoms with Crippen molar-refractivity contribution in [1.82, 2.24) is 5.32 Å². The van der Waals surface area contributed by atoms with Crippen LogP contribution in [0, 0.1) is 0 Å². The topological polar surface area (TPSA) is 78.4 Å². The maximum absolute atomic E-state index is 11.8. The number of hydrogen-bond acceptors (Lipinski definition) is 2. The van der Waals surface area contributed by atoms with Crippen LogP contribution in [0.4, 0.5) is 10.5 Å². The molecule has 110 valence electrons. The molecule has 0 aromatic heterocycles. The SMILES string of the molecule is CCCCC(C)NC(=O)Nc1cccc(Cl)c1C(=O)O. The Kier molecular flexibility index (Phi) is 6.31. The lowest BCUT2D eigenvalue weighted by molar-refractivity contribution is 0.0698. The molecule has 0 radical (unpaired) electrons. The summed E-state index contributed by atoms with van der Waals surface area (Å²) in [6.07, 6.45) is 2.97. The van der Waals surface area contributed by atoms with E-state index in [9.17, 15) is 9.59 Å². The summed E-state index contributed by atoms with van der Waals surface area (Å²) in [6.45, 7) is 3.99. The zero-order valence-electron chi connectivity index (χ0n) is 11.6. The maximum atomic E-state index is 11.8. The number of halogens is 1. The zero-order valence-corrected chi connectivity index (χ0v) is 12.3. The van der Waals surface area contributed by atoms with Gasteiger partial charge in [0.1, 0.15) is 5.56 Å². The van der Waals surface area contributed by atoms with E-state index in [1.807, 2.05) is 6.92 Å². The second-order valence-electron chi connectivity index (χ2n) is 4.61. The predicted molar refractivity (Wildman–Crippen MR) is 79.6 cm³/mol. The highest BCUT2D eigenvalue weighted by Crippen LogP contribution is 2.24. The lowest BCUT2D eigenvalue weighted by Crippen LogP contribution is -2.36. The van der Waals surface area contributed by atoms with Gasteiger partial charge in [0.05, 0.1) is 10.7 Å². The van der Waals surface area contributed by atoms with E-state index in [2.05, 4.69) is 17.6 Å². The van der Waals surface area contributed by atoms with Crippen LogP contribution >= 0.6 is 11.6 Å². The molecule has 3 N–H and O–H groups in total. The van der Waals surface area contributed by atoms with E-state index in [0.29, 0.717) is 0 Å². The molecule has 0 heterocycles. The Balaban J connectivity index is 2.71. The fourth-order valence-electron chi connectivity index (χ4n) is 1.81. The number of rotatable bonds is 6. The van der Waals surface area contributed by atoms with Crippen molar-refractivity contribution in [2.75, 3.05) is 5.32 Å². The van der Waals surface area contributed by atoms with Crippen LogP contribution in [-0.2, 0) is 0 Å². The average Bonchev–Trinajstić information content (AvgIpc) is 2.35. The van der Waals surface area contributed by atoms with Gasteiger partial charge in [0.25, 0.3) is 0 Å².